The summed E-state index contributed by atoms with van der Waals surface area (Å²) in [5.74, 6) is 0.527. The van der Waals surface area contributed by atoms with Crippen molar-refractivity contribution in [1.29, 1.82) is 0 Å². The van der Waals surface area contributed by atoms with Gasteiger partial charge in [-0.25, -0.2) is 4.98 Å². The molecule has 1 rings (SSSR count). The van der Waals surface area contributed by atoms with Gasteiger partial charge in [0.2, 0.25) is 0 Å². The lowest BCUT2D eigenvalue weighted by Crippen LogP contribution is -1.86. The van der Waals surface area contributed by atoms with Crippen LogP contribution in [0, 0.1) is 0 Å². The summed E-state index contributed by atoms with van der Waals surface area (Å²) in [5, 5.41) is 3.21. The maximum absolute atomic E-state index is 4.37. The lowest BCUT2D eigenvalue weighted by atomic mass is 10.2. The van der Waals surface area contributed by atoms with Crippen LogP contribution in [0.25, 0.3) is 0 Å². The second-order valence-electron chi connectivity index (χ2n) is 2.65. The maximum atomic E-state index is 4.37. The van der Waals surface area contributed by atoms with Crippen LogP contribution in [0.5, 0.6) is 0 Å². The molecule has 2 nitrogen and oxygen atoms in total. The third-order valence-corrected chi connectivity index (χ3v) is 2.46. The van der Waals surface area contributed by atoms with E-state index in [1.807, 2.05) is 5.38 Å². The Morgan fingerprint density at radius 1 is 1.64 bits per heavy atom. The molecule has 60 valence electrons. The predicted octanol–water partition coefficient (Wildman–Crippen LogP) is 2.32. The van der Waals surface area contributed by atoms with Crippen LogP contribution in [0.15, 0.2) is 10.4 Å². The van der Waals surface area contributed by atoms with Gasteiger partial charge in [-0.1, -0.05) is 13.8 Å². The molecule has 0 spiro atoms. The first kappa shape index (κ1) is 8.40. The SMILES string of the molecule is CN=Cc1csc(C(C)C)n1. The zero-order chi connectivity index (χ0) is 8.27. The Balaban J connectivity index is 2.81. The highest BCUT2D eigenvalue weighted by atomic mass is 32.1. The normalized spacial score (nSPS) is 11.6. The summed E-state index contributed by atoms with van der Waals surface area (Å²) >= 11 is 1.70. The zero-order valence-electron chi connectivity index (χ0n) is 7.03. The van der Waals surface area contributed by atoms with E-state index in [-0.39, 0.29) is 0 Å². The minimum absolute atomic E-state index is 0.527. The summed E-state index contributed by atoms with van der Waals surface area (Å²) in [4.78, 5) is 8.27. The molecule has 1 aromatic rings. The Bertz CT molecular complexity index is 250. The van der Waals surface area contributed by atoms with Gasteiger partial charge in [0, 0.05) is 24.6 Å². The summed E-state index contributed by atoms with van der Waals surface area (Å²) in [6, 6.07) is 0. The van der Waals surface area contributed by atoms with Gasteiger partial charge in [-0.05, 0) is 0 Å². The van der Waals surface area contributed by atoms with E-state index in [1.165, 1.54) is 5.01 Å². The molecule has 1 aromatic heterocycles. The van der Waals surface area contributed by atoms with Gasteiger partial charge in [0.1, 0.15) is 0 Å². The van der Waals surface area contributed by atoms with Crippen molar-refractivity contribution >= 4 is 17.6 Å². The lowest BCUT2D eigenvalue weighted by molar-refractivity contribution is 0.851. The highest BCUT2D eigenvalue weighted by Crippen LogP contribution is 2.17. The molecular weight excluding hydrogens is 156 g/mol. The van der Waals surface area contributed by atoms with Gasteiger partial charge in [0.25, 0.3) is 0 Å². The van der Waals surface area contributed by atoms with Crippen LogP contribution in [0.1, 0.15) is 30.5 Å². The van der Waals surface area contributed by atoms with Gasteiger partial charge in [-0.3, -0.25) is 4.99 Å². The van der Waals surface area contributed by atoms with Crippen molar-refractivity contribution in [2.24, 2.45) is 4.99 Å². The fraction of sp³-hybridized carbons (Fsp3) is 0.500. The maximum Gasteiger partial charge on any atom is 0.0958 e. The van der Waals surface area contributed by atoms with Gasteiger partial charge in [0.05, 0.1) is 10.7 Å². The van der Waals surface area contributed by atoms with Crippen LogP contribution < -0.4 is 0 Å². The second kappa shape index (κ2) is 3.62. The molecule has 0 amide bonds. The fourth-order valence-electron chi connectivity index (χ4n) is 0.757. The average molecular weight is 168 g/mol. The van der Waals surface area contributed by atoms with Crippen LogP contribution in [0.2, 0.25) is 0 Å². The Kier molecular flexibility index (Phi) is 2.76. The number of aromatic nitrogens is 1. The standard InChI is InChI=1S/C8H12N2S/c1-6(2)8-10-7(4-9-3)5-11-8/h4-6H,1-3H3. The van der Waals surface area contributed by atoms with E-state index < -0.39 is 0 Å². The smallest absolute Gasteiger partial charge is 0.0958 e. The molecule has 3 heteroatoms. The van der Waals surface area contributed by atoms with Crippen molar-refractivity contribution in [1.82, 2.24) is 4.98 Å². The van der Waals surface area contributed by atoms with Crippen LogP contribution in [-0.2, 0) is 0 Å². The van der Waals surface area contributed by atoms with E-state index in [1.54, 1.807) is 24.6 Å². The molecule has 1 heterocycles. The van der Waals surface area contributed by atoms with Crippen molar-refractivity contribution in [3.05, 3.63) is 16.1 Å². The van der Waals surface area contributed by atoms with E-state index in [0.717, 1.165) is 5.69 Å². The molecule has 0 aliphatic carbocycles. The summed E-state index contributed by atoms with van der Waals surface area (Å²) < 4.78 is 0. The molecule has 0 bridgehead atoms. The molecule has 0 radical (unpaired) electrons. The first-order valence-electron chi connectivity index (χ1n) is 3.61. The van der Waals surface area contributed by atoms with Gasteiger partial charge >= 0.3 is 0 Å². The third kappa shape index (κ3) is 2.12. The molecule has 0 N–H and O–H groups in total. The Labute approximate surface area is 71.0 Å². The number of thiazole rings is 1. The Hall–Kier alpha value is -0.700. The largest absolute Gasteiger partial charge is 0.294 e. The predicted molar refractivity (Wildman–Crippen MR) is 49.7 cm³/mol. The van der Waals surface area contributed by atoms with Gasteiger partial charge in [-0.15, -0.1) is 11.3 Å². The van der Waals surface area contributed by atoms with Crippen molar-refractivity contribution < 1.29 is 0 Å². The van der Waals surface area contributed by atoms with Crippen LogP contribution in [0.3, 0.4) is 0 Å². The van der Waals surface area contributed by atoms with Gasteiger partial charge in [-0.2, -0.15) is 0 Å². The number of hydrogen-bond acceptors (Lipinski definition) is 3. The molecule has 0 unspecified atom stereocenters. The molecule has 0 fully saturated rings. The molecular formula is C8H12N2S. The summed E-state index contributed by atoms with van der Waals surface area (Å²) in [6.07, 6.45) is 1.78. The molecule has 0 saturated carbocycles. The Morgan fingerprint density at radius 2 is 2.36 bits per heavy atom. The van der Waals surface area contributed by atoms with Gasteiger partial charge < -0.3 is 0 Å². The first-order chi connectivity index (χ1) is 5.24. The molecule has 0 aromatic carbocycles. The first-order valence-corrected chi connectivity index (χ1v) is 4.49. The van der Waals surface area contributed by atoms with E-state index in [9.17, 15) is 0 Å². The van der Waals surface area contributed by atoms with E-state index >= 15 is 0 Å². The minimum atomic E-state index is 0.527. The molecule has 0 saturated heterocycles. The van der Waals surface area contributed by atoms with Crippen LogP contribution in [-0.4, -0.2) is 18.2 Å². The highest BCUT2D eigenvalue weighted by molar-refractivity contribution is 7.09. The molecule has 0 aliphatic heterocycles. The van der Waals surface area contributed by atoms with Gasteiger partial charge in [0.15, 0.2) is 0 Å². The quantitative estimate of drug-likeness (QED) is 0.622. The van der Waals surface area contributed by atoms with E-state index in [4.69, 9.17) is 0 Å². The monoisotopic (exact) mass is 168 g/mol. The number of hydrogen-bond donors (Lipinski definition) is 0. The summed E-state index contributed by atoms with van der Waals surface area (Å²) in [5.41, 5.74) is 0.973. The summed E-state index contributed by atoms with van der Waals surface area (Å²) in [6.45, 7) is 4.29. The lowest BCUT2D eigenvalue weighted by Gasteiger charge is -1.94. The third-order valence-electron chi connectivity index (χ3n) is 1.29. The van der Waals surface area contributed by atoms with Crippen molar-refractivity contribution in [3.8, 4) is 0 Å². The van der Waals surface area contributed by atoms with Crippen LogP contribution in [0.4, 0.5) is 0 Å². The van der Waals surface area contributed by atoms with E-state index in [0.29, 0.717) is 5.92 Å². The van der Waals surface area contributed by atoms with Crippen molar-refractivity contribution in [2.75, 3.05) is 7.05 Å². The van der Waals surface area contributed by atoms with Crippen LogP contribution >= 0.6 is 11.3 Å². The second-order valence-corrected chi connectivity index (χ2v) is 3.54. The Morgan fingerprint density at radius 3 is 2.82 bits per heavy atom. The van der Waals surface area contributed by atoms with Crippen molar-refractivity contribution in [3.63, 3.8) is 0 Å². The highest BCUT2D eigenvalue weighted by Gasteiger charge is 2.02. The average Bonchev–Trinajstić information content (AvgIpc) is 2.37. The minimum Gasteiger partial charge on any atom is -0.294 e. The number of aliphatic imine (C=N–C) groups is 1. The fourth-order valence-corrected chi connectivity index (χ4v) is 1.54. The number of rotatable bonds is 2. The molecule has 11 heavy (non-hydrogen) atoms. The molecule has 0 aliphatic rings. The topological polar surface area (TPSA) is 25.2 Å². The summed E-state index contributed by atoms with van der Waals surface area (Å²) in [7, 11) is 1.76. The number of nitrogens with zero attached hydrogens (tertiary/aromatic N) is 2. The zero-order valence-corrected chi connectivity index (χ0v) is 7.85. The van der Waals surface area contributed by atoms with E-state index in [2.05, 4.69) is 23.8 Å². The van der Waals surface area contributed by atoms with Crippen molar-refractivity contribution in [2.45, 2.75) is 19.8 Å². The molecule has 0 atom stereocenters.